The van der Waals surface area contributed by atoms with Gasteiger partial charge in [-0.15, -0.1) is 31.4 Å². The van der Waals surface area contributed by atoms with Crippen LogP contribution in [0.3, 0.4) is 0 Å². The second kappa shape index (κ2) is 8.82. The van der Waals surface area contributed by atoms with E-state index in [1.165, 1.54) is 0 Å². The second-order valence-corrected chi connectivity index (χ2v) is 5.03. The summed E-state index contributed by atoms with van der Waals surface area (Å²) in [6.07, 6.45) is 1.96. The average molecular weight is 370 g/mol. The van der Waals surface area contributed by atoms with E-state index in [4.69, 9.17) is 0 Å². The molecule has 1 aromatic rings. The minimum absolute atomic E-state index is 0. The molecule has 0 radical (unpaired) electrons. The smallest absolute Gasteiger partial charge is 0.129 e. The molecule has 1 heterocycles. The predicted molar refractivity (Wildman–Crippen MR) is 87.7 cm³/mol. The molecule has 0 unspecified atom stereocenters. The molecule has 1 aliphatic rings. The van der Waals surface area contributed by atoms with Crippen LogP contribution in [-0.4, -0.2) is 36.2 Å². The van der Waals surface area contributed by atoms with Crippen LogP contribution in [0.4, 0.5) is 0 Å². The third-order valence-corrected chi connectivity index (χ3v) is 3.72. The highest BCUT2D eigenvalue weighted by Gasteiger charge is 2.19. The van der Waals surface area contributed by atoms with Crippen LogP contribution in [0.15, 0.2) is 35.3 Å². The van der Waals surface area contributed by atoms with Gasteiger partial charge in [0.2, 0.25) is 0 Å². The topological polar surface area (TPSA) is 35.5 Å². The zero-order valence-electron chi connectivity index (χ0n) is 10.5. The molecule has 1 atom stereocenters. The summed E-state index contributed by atoms with van der Waals surface area (Å²) in [4.78, 5) is 2.39. The highest BCUT2D eigenvalue weighted by atomic mass is 79.9. The van der Waals surface area contributed by atoms with Crippen molar-refractivity contribution in [3.63, 3.8) is 0 Å². The minimum Gasteiger partial charge on any atom is -0.507 e. The number of hydrogen-bond acceptors (Lipinski definition) is 3. The summed E-state index contributed by atoms with van der Waals surface area (Å²) in [5.74, 6) is 0.275. The van der Waals surface area contributed by atoms with Crippen LogP contribution in [0.1, 0.15) is 11.6 Å². The standard InChI is InChI=1S/C13H17BrN2O.2ClH/c1-2-12(16-7-5-15-6-8-16)10-3-4-13(17)11(14)9-10;;/h2-4,9,12,15,17H,1,5-8H2;2*1H/t12-;;/m0../s1. The van der Waals surface area contributed by atoms with Crippen molar-refractivity contribution in [3.05, 3.63) is 40.9 Å². The van der Waals surface area contributed by atoms with Gasteiger partial charge in [-0.1, -0.05) is 12.1 Å². The highest BCUT2D eigenvalue weighted by Crippen LogP contribution is 2.30. The van der Waals surface area contributed by atoms with Crippen LogP contribution in [0.5, 0.6) is 5.75 Å². The van der Waals surface area contributed by atoms with E-state index in [0.717, 1.165) is 36.2 Å². The van der Waals surface area contributed by atoms with Crippen molar-refractivity contribution in [1.29, 1.82) is 0 Å². The number of phenolic OH excluding ortho intramolecular Hbond substituents is 1. The Labute approximate surface area is 135 Å². The first-order chi connectivity index (χ1) is 8.22. The Morgan fingerprint density at radius 1 is 1.32 bits per heavy atom. The van der Waals surface area contributed by atoms with Gasteiger partial charge in [0.05, 0.1) is 10.5 Å². The third-order valence-electron chi connectivity index (χ3n) is 3.08. The van der Waals surface area contributed by atoms with Crippen LogP contribution < -0.4 is 5.32 Å². The number of hydrogen-bond donors (Lipinski definition) is 2. The monoisotopic (exact) mass is 368 g/mol. The summed E-state index contributed by atoms with van der Waals surface area (Å²) >= 11 is 3.35. The fourth-order valence-corrected chi connectivity index (χ4v) is 2.56. The molecule has 2 rings (SSSR count). The fraction of sp³-hybridized carbons (Fsp3) is 0.385. The Balaban J connectivity index is 0.00000162. The number of benzene rings is 1. The van der Waals surface area contributed by atoms with Gasteiger partial charge in [0.1, 0.15) is 5.75 Å². The number of rotatable bonds is 3. The van der Waals surface area contributed by atoms with Gasteiger partial charge in [-0.3, -0.25) is 4.90 Å². The Morgan fingerprint density at radius 2 is 1.95 bits per heavy atom. The summed E-state index contributed by atoms with van der Waals surface area (Å²) in [5, 5.41) is 12.9. The normalized spacial score (nSPS) is 16.9. The molecule has 108 valence electrons. The van der Waals surface area contributed by atoms with Gasteiger partial charge >= 0.3 is 0 Å². The molecule has 0 aromatic heterocycles. The fourth-order valence-electron chi connectivity index (χ4n) is 2.16. The summed E-state index contributed by atoms with van der Waals surface area (Å²) < 4.78 is 0.733. The molecule has 0 bridgehead atoms. The van der Waals surface area contributed by atoms with Crippen molar-refractivity contribution in [2.75, 3.05) is 26.2 Å². The molecule has 1 saturated heterocycles. The largest absolute Gasteiger partial charge is 0.507 e. The van der Waals surface area contributed by atoms with Gasteiger partial charge in [-0.2, -0.15) is 0 Å². The van der Waals surface area contributed by atoms with Crippen LogP contribution >= 0.6 is 40.7 Å². The minimum atomic E-state index is 0. The lowest BCUT2D eigenvalue weighted by atomic mass is 10.0. The lowest BCUT2D eigenvalue weighted by Crippen LogP contribution is -2.44. The van der Waals surface area contributed by atoms with Gasteiger partial charge < -0.3 is 10.4 Å². The van der Waals surface area contributed by atoms with Crippen molar-refractivity contribution in [3.8, 4) is 5.75 Å². The van der Waals surface area contributed by atoms with Gasteiger partial charge in [-0.05, 0) is 33.6 Å². The Bertz CT molecular complexity index is 412. The highest BCUT2D eigenvalue weighted by molar-refractivity contribution is 9.10. The van der Waals surface area contributed by atoms with E-state index in [2.05, 4.69) is 32.7 Å². The number of piperazine rings is 1. The van der Waals surface area contributed by atoms with Crippen LogP contribution in [0.2, 0.25) is 0 Å². The average Bonchev–Trinajstić information content (AvgIpc) is 2.36. The number of halogens is 3. The molecule has 2 N–H and O–H groups in total. The summed E-state index contributed by atoms with van der Waals surface area (Å²) in [7, 11) is 0. The quantitative estimate of drug-likeness (QED) is 0.803. The maximum atomic E-state index is 9.51. The summed E-state index contributed by atoms with van der Waals surface area (Å²) in [6.45, 7) is 8.01. The first-order valence-corrected chi connectivity index (χ1v) is 6.57. The molecule has 0 spiro atoms. The van der Waals surface area contributed by atoms with E-state index in [9.17, 15) is 5.11 Å². The molecule has 0 amide bonds. The Kier molecular flexibility index (Phi) is 8.70. The van der Waals surface area contributed by atoms with E-state index < -0.39 is 0 Å². The third kappa shape index (κ3) is 4.65. The summed E-state index contributed by atoms with van der Waals surface area (Å²) in [6, 6.07) is 5.85. The first kappa shape index (κ1) is 18.7. The van der Waals surface area contributed by atoms with Gasteiger partial charge in [0, 0.05) is 26.2 Å². The number of phenols is 1. The number of nitrogens with one attached hydrogen (secondary N) is 1. The molecule has 1 aromatic carbocycles. The van der Waals surface area contributed by atoms with Crippen molar-refractivity contribution in [1.82, 2.24) is 10.2 Å². The Morgan fingerprint density at radius 3 is 2.47 bits per heavy atom. The second-order valence-electron chi connectivity index (χ2n) is 4.18. The van der Waals surface area contributed by atoms with E-state index in [1.54, 1.807) is 6.07 Å². The van der Waals surface area contributed by atoms with Crippen molar-refractivity contribution >= 4 is 40.7 Å². The van der Waals surface area contributed by atoms with E-state index in [0.29, 0.717) is 0 Å². The van der Waals surface area contributed by atoms with E-state index in [-0.39, 0.29) is 36.6 Å². The molecule has 3 nitrogen and oxygen atoms in total. The van der Waals surface area contributed by atoms with Crippen LogP contribution in [0.25, 0.3) is 0 Å². The molecule has 0 saturated carbocycles. The summed E-state index contributed by atoms with van der Waals surface area (Å²) in [5.41, 5.74) is 1.16. The van der Waals surface area contributed by atoms with Crippen LogP contribution in [0, 0.1) is 0 Å². The van der Waals surface area contributed by atoms with Gasteiger partial charge in [0.15, 0.2) is 0 Å². The lowest BCUT2D eigenvalue weighted by molar-refractivity contribution is 0.203. The molecule has 1 aliphatic heterocycles. The Hall–Kier alpha value is -0.260. The van der Waals surface area contributed by atoms with Crippen molar-refractivity contribution in [2.45, 2.75) is 6.04 Å². The van der Waals surface area contributed by atoms with Crippen LogP contribution in [-0.2, 0) is 0 Å². The number of nitrogens with zero attached hydrogens (tertiary/aromatic N) is 1. The maximum absolute atomic E-state index is 9.51. The predicted octanol–water partition coefficient (Wildman–Crippen LogP) is 3.13. The van der Waals surface area contributed by atoms with Crippen molar-refractivity contribution < 1.29 is 5.11 Å². The van der Waals surface area contributed by atoms with Crippen molar-refractivity contribution in [2.24, 2.45) is 0 Å². The molecule has 1 fully saturated rings. The van der Waals surface area contributed by atoms with Gasteiger partial charge in [-0.25, -0.2) is 0 Å². The zero-order valence-corrected chi connectivity index (χ0v) is 13.7. The molecular formula is C13H19BrCl2N2O. The maximum Gasteiger partial charge on any atom is 0.129 e. The van der Waals surface area contributed by atoms with Gasteiger partial charge in [0.25, 0.3) is 0 Å². The molecular weight excluding hydrogens is 351 g/mol. The SMILES string of the molecule is C=C[C@@H](c1ccc(O)c(Br)c1)N1CCNCC1.Cl.Cl. The van der Waals surface area contributed by atoms with E-state index in [1.807, 2.05) is 18.2 Å². The first-order valence-electron chi connectivity index (χ1n) is 5.78. The van der Waals surface area contributed by atoms with E-state index >= 15 is 0 Å². The molecule has 0 aliphatic carbocycles. The zero-order chi connectivity index (χ0) is 12.3. The number of aromatic hydroxyl groups is 1. The molecule has 6 heteroatoms. The lowest BCUT2D eigenvalue weighted by Gasteiger charge is -2.33. The molecule has 19 heavy (non-hydrogen) atoms.